The number of nitrogens with zero attached hydrogens (tertiary/aromatic N) is 1. The Hall–Kier alpha value is -3.51. The van der Waals surface area contributed by atoms with Gasteiger partial charge in [0.25, 0.3) is 5.91 Å². The summed E-state index contributed by atoms with van der Waals surface area (Å²) in [4.78, 5) is 25.6. The molecule has 1 aliphatic rings. The summed E-state index contributed by atoms with van der Waals surface area (Å²) in [6.45, 7) is -0.413. The molecule has 1 amide bonds. The fourth-order valence-electron chi connectivity index (χ4n) is 3.25. The molecule has 3 aromatic rings. The van der Waals surface area contributed by atoms with E-state index in [0.717, 1.165) is 11.3 Å². The van der Waals surface area contributed by atoms with E-state index in [1.54, 1.807) is 59.5 Å². The van der Waals surface area contributed by atoms with Crippen molar-refractivity contribution in [2.45, 2.75) is 6.17 Å². The number of aliphatic carboxylic acids is 1. The van der Waals surface area contributed by atoms with Crippen LogP contribution in [0.25, 0.3) is 0 Å². The van der Waals surface area contributed by atoms with Crippen molar-refractivity contribution in [1.29, 1.82) is 0 Å². The van der Waals surface area contributed by atoms with E-state index in [2.05, 4.69) is 5.32 Å². The smallest absolute Gasteiger partial charge is 0.341 e. The number of hydrogen-bond acceptors (Lipinski definition) is 4. The molecule has 0 unspecified atom stereocenters. The quantitative estimate of drug-likeness (QED) is 0.646. The molecular weight excluding hydrogens is 392 g/mol. The van der Waals surface area contributed by atoms with E-state index in [1.807, 2.05) is 18.2 Å². The third kappa shape index (κ3) is 3.88. The average Bonchev–Trinajstić information content (AvgIpc) is 2.73. The lowest BCUT2D eigenvalue weighted by Gasteiger charge is -2.38. The summed E-state index contributed by atoms with van der Waals surface area (Å²) in [6, 6.07) is 21.4. The number of nitrogens with one attached hydrogen (secondary N) is 1. The van der Waals surface area contributed by atoms with Crippen LogP contribution in [-0.2, 0) is 4.79 Å². The van der Waals surface area contributed by atoms with E-state index in [0.29, 0.717) is 22.0 Å². The van der Waals surface area contributed by atoms with Crippen molar-refractivity contribution in [3.63, 3.8) is 0 Å². The van der Waals surface area contributed by atoms with Crippen molar-refractivity contribution in [2.75, 3.05) is 16.8 Å². The Balaban J connectivity index is 1.71. The zero-order valence-corrected chi connectivity index (χ0v) is 16.0. The number of rotatable bonds is 5. The summed E-state index contributed by atoms with van der Waals surface area (Å²) < 4.78 is 5.20. The first-order chi connectivity index (χ1) is 14.0. The normalized spacial score (nSPS) is 15.4. The van der Waals surface area contributed by atoms with Crippen LogP contribution < -0.4 is 15.0 Å². The van der Waals surface area contributed by atoms with Crippen molar-refractivity contribution in [2.24, 2.45) is 0 Å². The number of para-hydroxylation sites is 1. The zero-order chi connectivity index (χ0) is 20.4. The van der Waals surface area contributed by atoms with Gasteiger partial charge in [0.2, 0.25) is 0 Å². The number of hydrogen-bond donors (Lipinski definition) is 2. The van der Waals surface area contributed by atoms with Crippen LogP contribution in [0.5, 0.6) is 5.75 Å². The number of amides is 1. The van der Waals surface area contributed by atoms with Crippen molar-refractivity contribution in [1.82, 2.24) is 0 Å². The summed E-state index contributed by atoms with van der Waals surface area (Å²) in [5.74, 6) is -0.728. The molecule has 4 rings (SSSR count). The fraction of sp³-hybridized carbons (Fsp3) is 0.0909. The van der Waals surface area contributed by atoms with Crippen LogP contribution in [0.2, 0.25) is 5.02 Å². The molecule has 0 bridgehead atoms. The molecule has 0 aromatic heterocycles. The topological polar surface area (TPSA) is 78.9 Å². The zero-order valence-electron chi connectivity index (χ0n) is 15.2. The second-order valence-corrected chi connectivity index (χ2v) is 6.93. The molecule has 1 heterocycles. The number of halogens is 1. The van der Waals surface area contributed by atoms with Crippen molar-refractivity contribution >= 4 is 34.9 Å². The maximum Gasteiger partial charge on any atom is 0.341 e. The molecule has 0 aliphatic carbocycles. The highest BCUT2D eigenvalue weighted by Crippen LogP contribution is 2.37. The van der Waals surface area contributed by atoms with Crippen molar-refractivity contribution in [3.8, 4) is 5.75 Å². The van der Waals surface area contributed by atoms with Crippen LogP contribution in [0, 0.1) is 0 Å². The van der Waals surface area contributed by atoms with Crippen molar-refractivity contribution in [3.05, 3.63) is 88.9 Å². The predicted octanol–water partition coefficient (Wildman–Crippen LogP) is 4.57. The molecule has 0 fully saturated rings. The number of anilines is 2. The lowest BCUT2D eigenvalue weighted by molar-refractivity contribution is -0.139. The number of ether oxygens (including phenoxy) is 1. The molecule has 7 heteroatoms. The highest BCUT2D eigenvalue weighted by Gasteiger charge is 2.33. The number of carbonyl (C=O) groups excluding carboxylic acids is 1. The van der Waals surface area contributed by atoms with Gasteiger partial charge in [0.15, 0.2) is 6.61 Å². The molecule has 6 nitrogen and oxygen atoms in total. The molecular formula is C22H17ClN2O4. The maximum atomic E-state index is 13.3. The summed E-state index contributed by atoms with van der Waals surface area (Å²) in [7, 11) is 0. The van der Waals surface area contributed by atoms with Gasteiger partial charge in [-0.15, -0.1) is 0 Å². The molecule has 0 saturated heterocycles. The van der Waals surface area contributed by atoms with Crippen LogP contribution in [0.1, 0.15) is 22.1 Å². The van der Waals surface area contributed by atoms with Gasteiger partial charge >= 0.3 is 5.97 Å². The van der Waals surface area contributed by atoms with Gasteiger partial charge in [-0.2, -0.15) is 0 Å². The third-order valence-corrected chi connectivity index (χ3v) is 4.84. The molecule has 0 spiro atoms. The van der Waals surface area contributed by atoms with E-state index in [1.165, 1.54) is 0 Å². The minimum Gasteiger partial charge on any atom is -0.482 e. The van der Waals surface area contributed by atoms with Crippen LogP contribution in [0.4, 0.5) is 11.4 Å². The first-order valence-electron chi connectivity index (χ1n) is 8.92. The van der Waals surface area contributed by atoms with E-state index in [4.69, 9.17) is 21.4 Å². The molecule has 1 atom stereocenters. The predicted molar refractivity (Wildman–Crippen MR) is 111 cm³/mol. The van der Waals surface area contributed by atoms with Crippen molar-refractivity contribution < 1.29 is 19.4 Å². The summed E-state index contributed by atoms with van der Waals surface area (Å²) in [6.07, 6.45) is -0.452. The lowest BCUT2D eigenvalue weighted by atomic mass is 10.0. The van der Waals surface area contributed by atoms with Gasteiger partial charge in [-0.1, -0.05) is 35.9 Å². The Labute approximate surface area is 172 Å². The Bertz CT molecular complexity index is 1050. The number of benzene rings is 3. The standard InChI is InChI=1S/C22H17ClN2O4/c23-15-7-9-16(10-8-15)25-21(24-19-4-2-1-3-18(19)22(25)28)14-5-11-17(12-6-14)29-13-20(26)27/h1-12,21,24H,13H2,(H,26,27)/t21-/m0/s1. The minimum absolute atomic E-state index is 0.127. The van der Waals surface area contributed by atoms with E-state index in [-0.39, 0.29) is 5.91 Å². The van der Waals surface area contributed by atoms with Crippen LogP contribution >= 0.6 is 11.6 Å². The fourth-order valence-corrected chi connectivity index (χ4v) is 3.37. The number of carboxylic acids is 1. The highest BCUT2D eigenvalue weighted by molar-refractivity contribution is 6.30. The monoisotopic (exact) mass is 408 g/mol. The lowest BCUT2D eigenvalue weighted by Crippen LogP contribution is -2.43. The molecule has 146 valence electrons. The molecule has 2 N–H and O–H groups in total. The molecule has 0 saturated carbocycles. The van der Waals surface area contributed by atoms with Gasteiger partial charge in [0.1, 0.15) is 11.9 Å². The van der Waals surface area contributed by atoms with Crippen LogP contribution in [0.15, 0.2) is 72.8 Å². The Morgan fingerprint density at radius 2 is 1.72 bits per heavy atom. The van der Waals surface area contributed by atoms with E-state index < -0.39 is 18.7 Å². The molecule has 29 heavy (non-hydrogen) atoms. The minimum atomic E-state index is -1.04. The Morgan fingerprint density at radius 3 is 2.41 bits per heavy atom. The summed E-state index contributed by atoms with van der Waals surface area (Å²) in [5, 5.41) is 12.7. The second-order valence-electron chi connectivity index (χ2n) is 6.50. The Kier molecular flexibility index (Phi) is 5.10. The van der Waals surface area contributed by atoms with Gasteiger partial charge in [0.05, 0.1) is 5.56 Å². The molecule has 3 aromatic carbocycles. The molecule has 0 radical (unpaired) electrons. The first kappa shape index (κ1) is 18.8. The second kappa shape index (κ2) is 7.85. The van der Waals surface area contributed by atoms with Gasteiger partial charge in [-0.3, -0.25) is 9.69 Å². The first-order valence-corrected chi connectivity index (χ1v) is 9.30. The van der Waals surface area contributed by atoms with Gasteiger partial charge in [0, 0.05) is 16.4 Å². The van der Waals surface area contributed by atoms with Gasteiger partial charge < -0.3 is 15.2 Å². The molecule has 1 aliphatic heterocycles. The van der Waals surface area contributed by atoms with Gasteiger partial charge in [-0.25, -0.2) is 4.79 Å². The van der Waals surface area contributed by atoms with Crippen LogP contribution in [0.3, 0.4) is 0 Å². The van der Waals surface area contributed by atoms with E-state index in [9.17, 15) is 9.59 Å². The largest absolute Gasteiger partial charge is 0.482 e. The maximum absolute atomic E-state index is 13.3. The van der Waals surface area contributed by atoms with E-state index >= 15 is 0 Å². The Morgan fingerprint density at radius 1 is 1.03 bits per heavy atom. The average molecular weight is 409 g/mol. The highest BCUT2D eigenvalue weighted by atomic mass is 35.5. The number of carboxylic acid groups (broad SMARTS) is 1. The summed E-state index contributed by atoms with van der Waals surface area (Å²) >= 11 is 6.02. The SMILES string of the molecule is O=C(O)COc1ccc([C@H]2Nc3ccccc3C(=O)N2c2ccc(Cl)cc2)cc1. The third-order valence-electron chi connectivity index (χ3n) is 4.59. The number of carbonyl (C=O) groups is 2. The summed E-state index contributed by atoms with van der Waals surface area (Å²) in [5.41, 5.74) is 2.86. The van der Waals surface area contributed by atoms with Gasteiger partial charge in [-0.05, 0) is 54.1 Å². The van der Waals surface area contributed by atoms with Crippen LogP contribution in [-0.4, -0.2) is 23.6 Å². The number of fused-ring (bicyclic) bond motifs is 1.